The summed E-state index contributed by atoms with van der Waals surface area (Å²) in [5.74, 6) is -0.292. The van der Waals surface area contributed by atoms with Gasteiger partial charge in [-0.1, -0.05) is 0 Å². The maximum Gasteiger partial charge on any atom is 0.257 e. The van der Waals surface area contributed by atoms with Gasteiger partial charge < -0.3 is 10.0 Å². The molecule has 0 saturated carbocycles. The number of aryl methyl sites for hydroxylation is 2. The lowest BCUT2D eigenvalue weighted by molar-refractivity contribution is 0.0702. The van der Waals surface area contributed by atoms with Crippen LogP contribution in [0.4, 0.5) is 0 Å². The van der Waals surface area contributed by atoms with Gasteiger partial charge in [-0.3, -0.25) is 14.7 Å². The summed E-state index contributed by atoms with van der Waals surface area (Å²) in [6, 6.07) is 5.21. The van der Waals surface area contributed by atoms with Crippen LogP contribution in [-0.2, 0) is 0 Å². The third-order valence-corrected chi connectivity index (χ3v) is 4.49. The van der Waals surface area contributed by atoms with Crippen LogP contribution < -0.4 is 0 Å². The number of hydrogen-bond donors (Lipinski definition) is 2. The van der Waals surface area contributed by atoms with Crippen molar-refractivity contribution in [2.45, 2.75) is 32.6 Å². The van der Waals surface area contributed by atoms with Crippen LogP contribution in [0.1, 0.15) is 56.4 Å². The van der Waals surface area contributed by atoms with E-state index in [1.807, 2.05) is 13.0 Å². The zero-order chi connectivity index (χ0) is 17.3. The first kappa shape index (κ1) is 16.2. The van der Waals surface area contributed by atoms with Crippen molar-refractivity contribution in [3.8, 4) is 5.75 Å². The van der Waals surface area contributed by atoms with Crippen molar-refractivity contribution in [3.05, 3.63) is 46.3 Å². The van der Waals surface area contributed by atoms with Crippen LogP contribution in [-0.4, -0.2) is 45.5 Å². The lowest BCUT2D eigenvalue weighted by Gasteiger charge is -2.32. The zero-order valence-electron chi connectivity index (χ0n) is 13.9. The first-order chi connectivity index (χ1) is 11.5. The number of phenols is 1. The molecule has 0 aliphatic carbocycles. The molecule has 2 N–H and O–H groups in total. The van der Waals surface area contributed by atoms with E-state index in [0.717, 1.165) is 29.8 Å². The molecule has 0 radical (unpaired) electrons. The van der Waals surface area contributed by atoms with Crippen LogP contribution in [0.5, 0.6) is 5.75 Å². The molecule has 3 rings (SSSR count). The third-order valence-electron chi connectivity index (χ3n) is 4.49. The fourth-order valence-corrected chi connectivity index (χ4v) is 3.28. The van der Waals surface area contributed by atoms with Crippen molar-refractivity contribution in [1.82, 2.24) is 15.1 Å². The summed E-state index contributed by atoms with van der Waals surface area (Å²) in [4.78, 5) is 25.7. The number of H-pyrrole nitrogens is 1. The second kappa shape index (κ2) is 6.47. The number of aromatic amines is 1. The van der Waals surface area contributed by atoms with Crippen LogP contribution in [0.25, 0.3) is 0 Å². The van der Waals surface area contributed by atoms with Crippen LogP contribution in [0.15, 0.2) is 18.2 Å². The van der Waals surface area contributed by atoms with E-state index in [9.17, 15) is 14.7 Å². The number of nitrogens with one attached hydrogen (secondary N) is 1. The highest BCUT2D eigenvalue weighted by atomic mass is 16.3. The fourth-order valence-electron chi connectivity index (χ4n) is 3.28. The molecule has 0 bridgehead atoms. The van der Waals surface area contributed by atoms with Gasteiger partial charge in [0.05, 0.1) is 16.8 Å². The number of rotatable bonds is 3. The highest BCUT2D eigenvalue weighted by Gasteiger charge is 2.28. The van der Waals surface area contributed by atoms with E-state index < -0.39 is 0 Å². The van der Waals surface area contributed by atoms with Gasteiger partial charge >= 0.3 is 0 Å². The Labute approximate surface area is 140 Å². The first-order valence-electron chi connectivity index (χ1n) is 8.09. The zero-order valence-corrected chi connectivity index (χ0v) is 13.9. The SMILES string of the molecule is Cc1cc(C=O)c(O)c(C(=O)N2CCCC(c3cc(C)[nH]n3)C2)c1. The van der Waals surface area contributed by atoms with E-state index in [2.05, 4.69) is 10.2 Å². The monoisotopic (exact) mass is 327 g/mol. The quantitative estimate of drug-likeness (QED) is 0.848. The number of aldehydes is 1. The molecular weight excluding hydrogens is 306 g/mol. The number of carbonyl (C=O) groups is 2. The molecule has 1 aromatic carbocycles. The Kier molecular flexibility index (Phi) is 4.38. The molecule has 1 aliphatic rings. The van der Waals surface area contributed by atoms with Gasteiger partial charge in [-0.25, -0.2) is 0 Å². The van der Waals surface area contributed by atoms with E-state index in [1.165, 1.54) is 0 Å². The molecule has 1 aliphatic heterocycles. The smallest absolute Gasteiger partial charge is 0.257 e. The van der Waals surface area contributed by atoms with Crippen molar-refractivity contribution >= 4 is 12.2 Å². The maximum absolute atomic E-state index is 12.8. The topological polar surface area (TPSA) is 86.3 Å². The van der Waals surface area contributed by atoms with Crippen LogP contribution in [0.2, 0.25) is 0 Å². The summed E-state index contributed by atoms with van der Waals surface area (Å²) in [6.45, 7) is 4.96. The number of nitrogens with zero attached hydrogens (tertiary/aromatic N) is 2. The van der Waals surface area contributed by atoms with Gasteiger partial charge in [0.2, 0.25) is 0 Å². The summed E-state index contributed by atoms with van der Waals surface area (Å²) in [5.41, 5.74) is 3.08. The Morgan fingerprint density at radius 1 is 1.38 bits per heavy atom. The molecule has 1 saturated heterocycles. The Bertz CT molecular complexity index is 782. The van der Waals surface area contributed by atoms with Crippen molar-refractivity contribution in [2.24, 2.45) is 0 Å². The van der Waals surface area contributed by atoms with Gasteiger partial charge in [-0.15, -0.1) is 0 Å². The molecule has 1 atom stereocenters. The predicted octanol–water partition coefficient (Wildman–Crippen LogP) is 2.56. The number of hydrogen-bond acceptors (Lipinski definition) is 4. The number of amides is 1. The fraction of sp³-hybridized carbons (Fsp3) is 0.389. The highest BCUT2D eigenvalue weighted by Crippen LogP contribution is 2.30. The molecule has 6 heteroatoms. The van der Waals surface area contributed by atoms with E-state index in [-0.39, 0.29) is 28.7 Å². The molecule has 1 fully saturated rings. The maximum atomic E-state index is 12.8. The minimum Gasteiger partial charge on any atom is -0.506 e. The van der Waals surface area contributed by atoms with E-state index in [0.29, 0.717) is 19.4 Å². The average molecular weight is 327 g/mol. The standard InChI is InChI=1S/C18H21N3O3/c1-11-6-14(10-22)17(23)15(7-11)18(24)21-5-3-4-13(9-21)16-8-12(2)19-20-16/h6-8,10,13,23H,3-5,9H2,1-2H3,(H,19,20). The van der Waals surface area contributed by atoms with Gasteiger partial charge in [0.25, 0.3) is 5.91 Å². The Balaban J connectivity index is 1.85. The number of benzene rings is 1. The molecule has 6 nitrogen and oxygen atoms in total. The summed E-state index contributed by atoms with van der Waals surface area (Å²) in [6.07, 6.45) is 2.44. The van der Waals surface area contributed by atoms with Crippen LogP contribution >= 0.6 is 0 Å². The molecule has 24 heavy (non-hydrogen) atoms. The van der Waals surface area contributed by atoms with E-state index in [1.54, 1.807) is 24.0 Å². The molecule has 1 unspecified atom stereocenters. The molecule has 126 valence electrons. The van der Waals surface area contributed by atoms with Crippen LogP contribution in [0.3, 0.4) is 0 Å². The summed E-state index contributed by atoms with van der Waals surface area (Å²) < 4.78 is 0. The number of aromatic nitrogens is 2. The minimum absolute atomic E-state index is 0.148. The van der Waals surface area contributed by atoms with Crippen molar-refractivity contribution in [2.75, 3.05) is 13.1 Å². The van der Waals surface area contributed by atoms with E-state index >= 15 is 0 Å². The van der Waals surface area contributed by atoms with Crippen molar-refractivity contribution < 1.29 is 14.7 Å². The lowest BCUT2D eigenvalue weighted by Crippen LogP contribution is -2.39. The molecule has 2 heterocycles. The molecule has 1 aromatic heterocycles. The average Bonchev–Trinajstić information content (AvgIpc) is 3.02. The van der Waals surface area contributed by atoms with Crippen molar-refractivity contribution in [3.63, 3.8) is 0 Å². The van der Waals surface area contributed by atoms with E-state index in [4.69, 9.17) is 0 Å². The van der Waals surface area contributed by atoms with Gasteiger partial charge in [0, 0.05) is 24.7 Å². The number of likely N-dealkylation sites (tertiary alicyclic amines) is 1. The molecule has 1 amide bonds. The van der Waals surface area contributed by atoms with Gasteiger partial charge in [-0.05, 0) is 50.5 Å². The van der Waals surface area contributed by atoms with Gasteiger partial charge in [-0.2, -0.15) is 5.10 Å². The predicted molar refractivity (Wildman–Crippen MR) is 89.4 cm³/mol. The molecular formula is C18H21N3O3. The highest BCUT2D eigenvalue weighted by molar-refractivity contribution is 6.00. The number of phenolic OH excluding ortho intramolecular Hbond substituents is 1. The Morgan fingerprint density at radius 3 is 2.83 bits per heavy atom. The third kappa shape index (κ3) is 3.04. The summed E-state index contributed by atoms with van der Waals surface area (Å²) in [7, 11) is 0. The Hall–Kier alpha value is -2.63. The van der Waals surface area contributed by atoms with Gasteiger partial charge in [0.15, 0.2) is 6.29 Å². The summed E-state index contributed by atoms with van der Waals surface area (Å²) in [5, 5.41) is 17.5. The molecule has 2 aromatic rings. The van der Waals surface area contributed by atoms with Crippen molar-refractivity contribution in [1.29, 1.82) is 0 Å². The van der Waals surface area contributed by atoms with Gasteiger partial charge in [0.1, 0.15) is 5.75 Å². The minimum atomic E-state index is -0.240. The second-order valence-corrected chi connectivity index (χ2v) is 6.43. The first-order valence-corrected chi connectivity index (χ1v) is 8.09. The Morgan fingerprint density at radius 2 is 2.17 bits per heavy atom. The lowest BCUT2D eigenvalue weighted by atomic mass is 9.93. The number of aromatic hydroxyl groups is 1. The largest absolute Gasteiger partial charge is 0.506 e. The normalized spacial score (nSPS) is 17.8. The number of piperidine rings is 1. The second-order valence-electron chi connectivity index (χ2n) is 6.43. The van der Waals surface area contributed by atoms with Crippen LogP contribution in [0, 0.1) is 13.8 Å². The summed E-state index contributed by atoms with van der Waals surface area (Å²) >= 11 is 0. The number of carbonyl (C=O) groups excluding carboxylic acids is 2. The molecule has 0 spiro atoms.